The molecule has 0 saturated heterocycles. The number of amides is 1. The number of hydrogen-bond donors (Lipinski definition) is 2. The molecule has 2 rings (SSSR count). The van der Waals surface area contributed by atoms with Gasteiger partial charge < -0.3 is 10.4 Å². The van der Waals surface area contributed by atoms with Crippen LogP contribution in [0.15, 0.2) is 35.7 Å². The number of hydrogen-bond acceptors (Lipinski definition) is 4. The van der Waals surface area contributed by atoms with Gasteiger partial charge in [0, 0.05) is 10.9 Å². The lowest BCUT2D eigenvalue weighted by molar-refractivity contribution is -0.136. The van der Waals surface area contributed by atoms with E-state index in [4.69, 9.17) is 5.11 Å². The third kappa shape index (κ3) is 3.89. The number of carbonyl (C=O) groups is 2. The minimum absolute atomic E-state index is 0.0941. The second-order valence-corrected chi connectivity index (χ2v) is 4.79. The highest BCUT2D eigenvalue weighted by molar-refractivity contribution is 7.09. The Bertz CT molecular complexity index is 581. The first-order valence-electron chi connectivity index (χ1n) is 5.63. The monoisotopic (exact) mass is 276 g/mol. The Labute approximate surface area is 113 Å². The molecule has 0 radical (unpaired) electrons. The predicted octanol–water partition coefficient (Wildman–Crippen LogP) is 1.70. The molecule has 1 aromatic carbocycles. The van der Waals surface area contributed by atoms with Crippen LogP contribution in [-0.4, -0.2) is 22.0 Å². The Morgan fingerprint density at radius 1 is 1.26 bits per heavy atom. The molecule has 98 valence electrons. The standard InChI is InChI=1S/C13H12N2O3S/c16-12(17)6-10-8-19-11(15-10)7-14-13(18)9-4-2-1-3-5-9/h1-5,8H,6-7H2,(H,14,18)(H,16,17). The summed E-state index contributed by atoms with van der Waals surface area (Å²) in [6.07, 6.45) is -0.0941. The molecule has 0 aliphatic carbocycles. The van der Waals surface area contributed by atoms with E-state index < -0.39 is 5.97 Å². The highest BCUT2D eigenvalue weighted by Gasteiger charge is 2.08. The van der Waals surface area contributed by atoms with E-state index in [0.29, 0.717) is 22.8 Å². The van der Waals surface area contributed by atoms with Crippen molar-refractivity contribution < 1.29 is 14.7 Å². The molecule has 0 aliphatic heterocycles. The van der Waals surface area contributed by atoms with E-state index in [-0.39, 0.29) is 12.3 Å². The minimum Gasteiger partial charge on any atom is -0.481 e. The molecule has 0 aliphatic rings. The Morgan fingerprint density at radius 2 is 2.00 bits per heavy atom. The first-order valence-corrected chi connectivity index (χ1v) is 6.51. The molecular weight excluding hydrogens is 264 g/mol. The van der Waals surface area contributed by atoms with E-state index >= 15 is 0 Å². The van der Waals surface area contributed by atoms with Crippen molar-refractivity contribution >= 4 is 23.2 Å². The van der Waals surface area contributed by atoms with Crippen LogP contribution >= 0.6 is 11.3 Å². The maximum Gasteiger partial charge on any atom is 0.309 e. The summed E-state index contributed by atoms with van der Waals surface area (Å²) in [6, 6.07) is 8.89. The summed E-state index contributed by atoms with van der Waals surface area (Å²) in [4.78, 5) is 26.4. The number of thiazole rings is 1. The number of carbonyl (C=O) groups excluding carboxylic acids is 1. The molecule has 0 fully saturated rings. The quantitative estimate of drug-likeness (QED) is 0.871. The Hall–Kier alpha value is -2.21. The normalized spacial score (nSPS) is 10.1. The summed E-state index contributed by atoms with van der Waals surface area (Å²) in [5, 5.41) is 13.8. The molecule has 1 aromatic heterocycles. The van der Waals surface area contributed by atoms with Gasteiger partial charge in [0.2, 0.25) is 0 Å². The number of aromatic nitrogens is 1. The van der Waals surface area contributed by atoms with Crippen molar-refractivity contribution in [2.75, 3.05) is 0 Å². The van der Waals surface area contributed by atoms with Crippen LogP contribution in [0.3, 0.4) is 0 Å². The molecule has 2 N–H and O–H groups in total. The van der Waals surface area contributed by atoms with Crippen molar-refractivity contribution in [1.82, 2.24) is 10.3 Å². The van der Waals surface area contributed by atoms with Gasteiger partial charge in [-0.1, -0.05) is 18.2 Å². The second-order valence-electron chi connectivity index (χ2n) is 3.85. The third-order valence-corrected chi connectivity index (χ3v) is 3.27. The zero-order chi connectivity index (χ0) is 13.7. The molecule has 6 heteroatoms. The van der Waals surface area contributed by atoms with Gasteiger partial charge in [-0.15, -0.1) is 11.3 Å². The summed E-state index contributed by atoms with van der Waals surface area (Å²) in [7, 11) is 0. The van der Waals surface area contributed by atoms with E-state index in [0.717, 1.165) is 0 Å². The van der Waals surface area contributed by atoms with Crippen LogP contribution in [0.2, 0.25) is 0 Å². The first-order chi connectivity index (χ1) is 9.15. The lowest BCUT2D eigenvalue weighted by Crippen LogP contribution is -2.22. The Morgan fingerprint density at radius 3 is 2.68 bits per heavy atom. The van der Waals surface area contributed by atoms with Crippen LogP contribution in [0.25, 0.3) is 0 Å². The maximum absolute atomic E-state index is 11.8. The largest absolute Gasteiger partial charge is 0.481 e. The fraction of sp³-hybridized carbons (Fsp3) is 0.154. The van der Waals surface area contributed by atoms with E-state index in [9.17, 15) is 9.59 Å². The van der Waals surface area contributed by atoms with Crippen molar-refractivity contribution in [3.05, 3.63) is 52.0 Å². The number of nitrogens with one attached hydrogen (secondary N) is 1. The summed E-state index contributed by atoms with van der Waals surface area (Å²) in [6.45, 7) is 0.304. The van der Waals surface area contributed by atoms with E-state index in [2.05, 4.69) is 10.3 Å². The number of rotatable bonds is 5. The summed E-state index contributed by atoms with van der Waals surface area (Å²) in [5.41, 5.74) is 1.10. The van der Waals surface area contributed by atoms with Crippen LogP contribution in [0.4, 0.5) is 0 Å². The molecule has 0 bridgehead atoms. The summed E-state index contributed by atoms with van der Waals surface area (Å²) >= 11 is 1.34. The number of benzene rings is 1. The zero-order valence-electron chi connectivity index (χ0n) is 10.00. The topological polar surface area (TPSA) is 79.3 Å². The van der Waals surface area contributed by atoms with Crippen molar-refractivity contribution in [2.45, 2.75) is 13.0 Å². The van der Waals surface area contributed by atoms with Crippen LogP contribution in [0, 0.1) is 0 Å². The van der Waals surface area contributed by atoms with Crippen LogP contribution in [-0.2, 0) is 17.8 Å². The van der Waals surface area contributed by atoms with Crippen molar-refractivity contribution in [3.63, 3.8) is 0 Å². The highest BCUT2D eigenvalue weighted by atomic mass is 32.1. The predicted molar refractivity (Wildman–Crippen MR) is 71.1 cm³/mol. The average molecular weight is 276 g/mol. The molecule has 5 nitrogen and oxygen atoms in total. The number of carboxylic acids is 1. The third-order valence-electron chi connectivity index (χ3n) is 2.37. The van der Waals surface area contributed by atoms with Gasteiger partial charge >= 0.3 is 5.97 Å². The molecule has 1 amide bonds. The first kappa shape index (κ1) is 13.2. The van der Waals surface area contributed by atoms with E-state index in [1.807, 2.05) is 6.07 Å². The minimum atomic E-state index is -0.912. The maximum atomic E-state index is 11.8. The van der Waals surface area contributed by atoms with E-state index in [1.54, 1.807) is 29.6 Å². The fourth-order valence-corrected chi connectivity index (χ4v) is 2.25. The number of aliphatic carboxylic acids is 1. The van der Waals surface area contributed by atoms with Gasteiger partial charge in [0.25, 0.3) is 5.91 Å². The fourth-order valence-electron chi connectivity index (χ4n) is 1.51. The van der Waals surface area contributed by atoms with Gasteiger partial charge in [-0.3, -0.25) is 9.59 Å². The number of carboxylic acid groups (broad SMARTS) is 1. The molecule has 0 spiro atoms. The SMILES string of the molecule is O=C(O)Cc1csc(CNC(=O)c2ccccc2)n1. The molecule has 0 unspecified atom stereocenters. The van der Waals surface area contributed by atoms with Gasteiger partial charge in [0.1, 0.15) is 5.01 Å². The highest BCUT2D eigenvalue weighted by Crippen LogP contribution is 2.10. The lowest BCUT2D eigenvalue weighted by atomic mass is 10.2. The van der Waals surface area contributed by atoms with E-state index in [1.165, 1.54) is 11.3 Å². The van der Waals surface area contributed by atoms with Gasteiger partial charge in [-0.25, -0.2) is 4.98 Å². The van der Waals surface area contributed by atoms with Crippen molar-refractivity contribution in [3.8, 4) is 0 Å². The molecule has 2 aromatic rings. The summed E-state index contributed by atoms with van der Waals surface area (Å²) in [5.74, 6) is -1.08. The zero-order valence-corrected chi connectivity index (χ0v) is 10.8. The molecule has 0 atom stereocenters. The van der Waals surface area contributed by atoms with Crippen LogP contribution in [0.1, 0.15) is 21.1 Å². The molecule has 19 heavy (non-hydrogen) atoms. The molecule has 1 heterocycles. The van der Waals surface area contributed by atoms with Crippen molar-refractivity contribution in [1.29, 1.82) is 0 Å². The lowest BCUT2D eigenvalue weighted by Gasteiger charge is -2.02. The van der Waals surface area contributed by atoms with Gasteiger partial charge in [-0.05, 0) is 12.1 Å². The Kier molecular flexibility index (Phi) is 4.25. The Balaban J connectivity index is 1.90. The molecule has 0 saturated carbocycles. The second kappa shape index (κ2) is 6.10. The van der Waals surface area contributed by atoms with Crippen molar-refractivity contribution in [2.24, 2.45) is 0 Å². The molecular formula is C13H12N2O3S. The van der Waals surface area contributed by atoms with Gasteiger partial charge in [-0.2, -0.15) is 0 Å². The van der Waals surface area contributed by atoms with Crippen LogP contribution in [0.5, 0.6) is 0 Å². The van der Waals surface area contributed by atoms with Crippen LogP contribution < -0.4 is 5.32 Å². The van der Waals surface area contributed by atoms with Gasteiger partial charge in [0.15, 0.2) is 0 Å². The van der Waals surface area contributed by atoms with Gasteiger partial charge in [0.05, 0.1) is 18.7 Å². The average Bonchev–Trinajstić information content (AvgIpc) is 2.84. The summed E-state index contributed by atoms with van der Waals surface area (Å²) < 4.78 is 0. The smallest absolute Gasteiger partial charge is 0.309 e. The number of nitrogens with zero attached hydrogens (tertiary/aromatic N) is 1.